The molecule has 2 aromatic rings. The van der Waals surface area contributed by atoms with E-state index in [0.29, 0.717) is 47.2 Å². The molecule has 2 saturated heterocycles. The van der Waals surface area contributed by atoms with Crippen molar-refractivity contribution < 1.29 is 23.5 Å². The third-order valence-electron chi connectivity index (χ3n) is 7.52. The van der Waals surface area contributed by atoms with Gasteiger partial charge in [0.1, 0.15) is 0 Å². The van der Waals surface area contributed by atoms with Crippen LogP contribution in [-0.4, -0.2) is 59.6 Å². The molecule has 5 N–H and O–H groups in total. The number of carbonyl (C=O) groups excluding carboxylic acids is 2. The Hall–Kier alpha value is -2.04. The predicted octanol–water partition coefficient (Wildman–Crippen LogP) is 4.22. The standard InChI is InChI=1S/C25H36N6O5P2S/c1-15-16(2)28-37(34,27-15)25(38(35)29-17(3)18(4)30-38)26-21-11-12-22(39-21)36-14-8-7-13-31-23(32)19-9-5-6-10-20(19)24(31)33/h5-6,9-12,15-18,25-26H,7-8,13-14H2,1-4H3,(H2,27,28,34)(H2,29,30,35)/t15-,16-,17-,18-/m0/s1. The van der Waals surface area contributed by atoms with Crippen LogP contribution in [0.1, 0.15) is 61.3 Å². The molecule has 0 bridgehead atoms. The van der Waals surface area contributed by atoms with Crippen LogP contribution in [0.15, 0.2) is 36.4 Å². The van der Waals surface area contributed by atoms with Gasteiger partial charge in [-0.05, 0) is 64.8 Å². The largest absolute Gasteiger partial charge is 0.484 e. The van der Waals surface area contributed by atoms with E-state index in [1.807, 2.05) is 39.8 Å². The third-order valence-corrected chi connectivity index (χ3v) is 15.2. The van der Waals surface area contributed by atoms with Gasteiger partial charge >= 0.3 is 0 Å². The molecule has 1 aromatic heterocycles. The minimum absolute atomic E-state index is 0.0354. The maximum atomic E-state index is 14.0. The van der Waals surface area contributed by atoms with Crippen molar-refractivity contribution in [1.82, 2.24) is 25.2 Å². The zero-order valence-corrected chi connectivity index (χ0v) is 25.1. The summed E-state index contributed by atoms with van der Waals surface area (Å²) in [6.45, 7) is 8.58. The van der Waals surface area contributed by atoms with Crippen LogP contribution in [0.2, 0.25) is 0 Å². The number of carbonyl (C=O) groups is 2. The van der Waals surface area contributed by atoms with Gasteiger partial charge in [-0.1, -0.05) is 23.5 Å². The zero-order valence-electron chi connectivity index (χ0n) is 22.5. The Bertz CT molecular complexity index is 1250. The number of nitrogens with zero attached hydrogens (tertiary/aromatic N) is 1. The summed E-state index contributed by atoms with van der Waals surface area (Å²) in [6, 6.07) is 10.4. The van der Waals surface area contributed by atoms with E-state index in [1.165, 1.54) is 16.2 Å². The zero-order chi connectivity index (χ0) is 27.9. The highest BCUT2D eigenvalue weighted by molar-refractivity contribution is 7.78. The quantitative estimate of drug-likeness (QED) is 0.154. The monoisotopic (exact) mass is 594 g/mol. The molecule has 0 spiro atoms. The molecule has 0 saturated carbocycles. The van der Waals surface area contributed by atoms with E-state index >= 15 is 0 Å². The summed E-state index contributed by atoms with van der Waals surface area (Å²) in [6.07, 6.45) is 1.28. The second-order valence-corrected chi connectivity index (χ2v) is 16.6. The number of hydrogen-bond donors (Lipinski definition) is 5. The number of ether oxygens (including phenoxy) is 1. The number of rotatable bonds is 10. The number of hydrogen-bond acceptors (Lipinski definition) is 7. The lowest BCUT2D eigenvalue weighted by Gasteiger charge is -2.30. The van der Waals surface area contributed by atoms with Gasteiger partial charge in [-0.2, -0.15) is 0 Å². The Morgan fingerprint density at radius 1 is 0.846 bits per heavy atom. The minimum Gasteiger partial charge on any atom is -0.484 e. The Balaban J connectivity index is 1.17. The van der Waals surface area contributed by atoms with E-state index in [9.17, 15) is 18.7 Å². The summed E-state index contributed by atoms with van der Waals surface area (Å²) in [4.78, 5) is 26.3. The number of amides is 2. The third kappa shape index (κ3) is 5.61. The van der Waals surface area contributed by atoms with Gasteiger partial charge in [-0.15, -0.1) is 0 Å². The number of thiophene rings is 1. The smallest absolute Gasteiger partial charge is 0.261 e. The Morgan fingerprint density at radius 3 is 1.87 bits per heavy atom. The summed E-state index contributed by atoms with van der Waals surface area (Å²) >= 11 is 1.35. The van der Waals surface area contributed by atoms with Gasteiger partial charge in [0, 0.05) is 30.7 Å². The summed E-state index contributed by atoms with van der Waals surface area (Å²) < 4.78 is 33.9. The highest BCUT2D eigenvalue weighted by Crippen LogP contribution is 2.64. The van der Waals surface area contributed by atoms with Crippen LogP contribution in [-0.2, 0) is 9.13 Å². The van der Waals surface area contributed by atoms with E-state index in [0.717, 1.165) is 0 Å². The summed E-state index contributed by atoms with van der Waals surface area (Å²) in [5, 5.41) is 17.3. The highest BCUT2D eigenvalue weighted by Gasteiger charge is 2.54. The fourth-order valence-electron chi connectivity index (χ4n) is 5.01. The first-order valence-corrected chi connectivity index (χ1v) is 17.6. The maximum absolute atomic E-state index is 14.0. The SMILES string of the molecule is C[C@@H]1NP(=O)(C(Nc2ccc(OCCCCN3C(=O)c4ccccc4C3=O)s2)P2(=O)N[C@@H](C)[C@H](C)N2)N[C@H]1C. The van der Waals surface area contributed by atoms with Gasteiger partial charge in [0.2, 0.25) is 14.9 Å². The molecule has 11 nitrogen and oxygen atoms in total. The molecule has 2 amide bonds. The second-order valence-electron chi connectivity index (χ2n) is 10.5. The van der Waals surface area contributed by atoms with Crippen LogP contribution < -0.4 is 30.4 Å². The second kappa shape index (κ2) is 11.1. The lowest BCUT2D eigenvalue weighted by molar-refractivity contribution is 0.0649. The molecule has 212 valence electrons. The molecule has 0 radical (unpaired) electrons. The van der Waals surface area contributed by atoms with Gasteiger partial charge in [0.25, 0.3) is 11.8 Å². The molecule has 3 aliphatic heterocycles. The van der Waals surface area contributed by atoms with E-state index in [2.05, 4.69) is 25.7 Å². The molecule has 4 atom stereocenters. The lowest BCUT2D eigenvalue weighted by atomic mass is 10.1. The first kappa shape index (κ1) is 28.5. The van der Waals surface area contributed by atoms with Crippen molar-refractivity contribution in [1.29, 1.82) is 0 Å². The number of benzene rings is 1. The van der Waals surface area contributed by atoms with Gasteiger partial charge in [-0.3, -0.25) is 23.6 Å². The Labute approximate surface area is 232 Å². The predicted molar refractivity (Wildman–Crippen MR) is 154 cm³/mol. The summed E-state index contributed by atoms with van der Waals surface area (Å²) in [5.74, 6) is -0.494. The van der Waals surface area contributed by atoms with Crippen LogP contribution in [0.25, 0.3) is 0 Å². The molecule has 4 heterocycles. The van der Waals surface area contributed by atoms with Crippen molar-refractivity contribution in [3.8, 4) is 5.06 Å². The molecule has 0 unspecified atom stereocenters. The van der Waals surface area contributed by atoms with Crippen molar-refractivity contribution in [2.75, 3.05) is 18.5 Å². The van der Waals surface area contributed by atoms with Crippen molar-refractivity contribution in [2.24, 2.45) is 0 Å². The van der Waals surface area contributed by atoms with Crippen molar-refractivity contribution in [3.05, 3.63) is 47.5 Å². The first-order valence-electron chi connectivity index (χ1n) is 13.3. The minimum atomic E-state index is -3.28. The fourth-order valence-corrected chi connectivity index (χ4v) is 13.3. The fraction of sp³-hybridized carbons (Fsp3) is 0.520. The molecule has 0 aliphatic carbocycles. The highest BCUT2D eigenvalue weighted by atomic mass is 32.1. The number of anilines is 1. The van der Waals surface area contributed by atoms with Crippen molar-refractivity contribution >= 4 is 43.0 Å². The van der Waals surface area contributed by atoms with E-state index in [4.69, 9.17) is 4.74 Å². The normalized spacial score (nSPS) is 27.4. The topological polar surface area (TPSA) is 141 Å². The van der Waals surface area contributed by atoms with E-state index in [-0.39, 0.29) is 36.0 Å². The average Bonchev–Trinajstić information content (AvgIpc) is 3.59. The maximum Gasteiger partial charge on any atom is 0.261 e. The summed E-state index contributed by atoms with van der Waals surface area (Å²) in [5.41, 5.74) is 0.0224. The number of fused-ring (bicyclic) bond motifs is 1. The van der Waals surface area contributed by atoms with Gasteiger partial charge in [0.15, 0.2) is 10.6 Å². The van der Waals surface area contributed by atoms with Crippen molar-refractivity contribution in [2.45, 2.75) is 70.2 Å². The molecular formula is C25H36N6O5P2S. The van der Waals surface area contributed by atoms with Crippen LogP contribution in [0.3, 0.4) is 0 Å². The molecule has 14 heteroatoms. The number of nitrogens with one attached hydrogen (secondary N) is 5. The van der Waals surface area contributed by atoms with E-state index < -0.39 is 20.4 Å². The number of unbranched alkanes of at least 4 members (excludes halogenated alkanes) is 1. The van der Waals surface area contributed by atoms with Crippen LogP contribution in [0.5, 0.6) is 5.06 Å². The Morgan fingerprint density at radius 2 is 1.36 bits per heavy atom. The van der Waals surface area contributed by atoms with Gasteiger partial charge < -0.3 is 10.1 Å². The summed E-state index contributed by atoms with van der Waals surface area (Å²) in [7, 11) is -6.56. The molecule has 2 fully saturated rings. The van der Waals surface area contributed by atoms with Gasteiger partial charge in [0.05, 0.1) is 22.7 Å². The Kier molecular flexibility index (Phi) is 8.10. The number of imide groups is 1. The molecule has 1 aromatic carbocycles. The molecule has 39 heavy (non-hydrogen) atoms. The molecule has 3 aliphatic rings. The first-order chi connectivity index (χ1) is 18.5. The van der Waals surface area contributed by atoms with Gasteiger partial charge in [-0.25, -0.2) is 20.3 Å². The van der Waals surface area contributed by atoms with Crippen LogP contribution in [0, 0.1) is 0 Å². The molecular weight excluding hydrogens is 558 g/mol. The average molecular weight is 595 g/mol. The van der Waals surface area contributed by atoms with E-state index in [1.54, 1.807) is 24.3 Å². The lowest BCUT2D eigenvalue weighted by Crippen LogP contribution is -2.34. The van der Waals surface area contributed by atoms with Crippen LogP contribution in [0.4, 0.5) is 5.00 Å². The van der Waals surface area contributed by atoms with Crippen molar-refractivity contribution in [3.63, 3.8) is 0 Å². The molecule has 5 rings (SSSR count). The van der Waals surface area contributed by atoms with Crippen LogP contribution >= 0.6 is 26.2 Å².